The third-order valence-corrected chi connectivity index (χ3v) is 0.106. The first kappa shape index (κ1) is 9.90. The topological polar surface area (TPSA) is 47.9 Å². The van der Waals surface area contributed by atoms with Gasteiger partial charge < -0.3 is 6.42 Å². The summed E-state index contributed by atoms with van der Waals surface area (Å²) in [6.07, 6.45) is 7.23. The van der Waals surface area contributed by atoms with Gasteiger partial charge in [-0.3, -0.25) is 4.89 Å². The van der Waals surface area contributed by atoms with Crippen molar-refractivity contribution in [3.63, 3.8) is 0 Å². The summed E-state index contributed by atoms with van der Waals surface area (Å²) >= 11 is 0. The van der Waals surface area contributed by atoms with Crippen molar-refractivity contribution >= 4 is 0 Å². The molecule has 1 N–H and O–H groups in total. The molecule has 0 saturated carbocycles. The second-order valence-corrected chi connectivity index (χ2v) is 0.328. The smallest absolute Gasteiger partial charge is 0.0234 e. The minimum atomic E-state index is 0. The van der Waals surface area contributed by atoms with E-state index in [9.17, 15) is 0 Å². The Bertz CT molecular complexity index is 57.2. The molecule has 42 valence electrons. The van der Waals surface area contributed by atoms with Crippen LogP contribution in [0.25, 0.3) is 0 Å². The van der Waals surface area contributed by atoms with Gasteiger partial charge in [-0.2, -0.15) is 0 Å². The Labute approximate surface area is 50.6 Å². The summed E-state index contributed by atoms with van der Waals surface area (Å²) in [5, 5.41) is 13.3. The van der Waals surface area contributed by atoms with Crippen LogP contribution < -0.4 is 0 Å². The quantitative estimate of drug-likeness (QED) is 0.147. The molecule has 5 heteroatoms. The average molecular weight is 145 g/mol. The van der Waals surface area contributed by atoms with Crippen LogP contribution in [0, 0.1) is 12.5 Å². The van der Waals surface area contributed by atoms with Gasteiger partial charge >= 0.3 is 0 Å². The number of hydrogen-bond acceptors (Lipinski definition) is 4. The molecule has 0 aromatic heterocycles. The minimum Gasteiger partial charge on any atom is -0.644 e. The third kappa shape index (κ3) is 10.7. The van der Waals surface area contributed by atoms with Gasteiger partial charge in [-0.15, -0.1) is 0 Å². The van der Waals surface area contributed by atoms with E-state index in [2.05, 4.69) is 15.0 Å². The Kier molecular flexibility index (Phi) is 13.1. The van der Waals surface area contributed by atoms with Gasteiger partial charge in [0.15, 0.2) is 0 Å². The van der Waals surface area contributed by atoms with Crippen LogP contribution in [0.4, 0.5) is 0 Å². The van der Waals surface area contributed by atoms with Crippen LogP contribution >= 0.6 is 0 Å². The normalized spacial score (nSPS) is 5.71. The van der Waals surface area contributed by atoms with E-state index in [1.807, 2.05) is 0 Å². The molecular weight excluding hydrogens is 144 g/mol. The summed E-state index contributed by atoms with van der Waals surface area (Å²) in [5.74, 6) is 0. The van der Waals surface area contributed by atoms with E-state index >= 15 is 0 Å². The Balaban J connectivity index is 0. The predicted octanol–water partition coefficient (Wildman–Crippen LogP) is -0.116. The molecular formula is C2HFeO4-. The van der Waals surface area contributed by atoms with E-state index in [1.54, 1.807) is 0 Å². The van der Waals surface area contributed by atoms with Crippen molar-refractivity contribution in [1.82, 2.24) is 0 Å². The number of hydrogen-bond donors (Lipinski definition) is 1. The van der Waals surface area contributed by atoms with Gasteiger partial charge in [0.05, 0.1) is 0 Å². The zero-order valence-electron chi connectivity index (χ0n) is 3.03. The van der Waals surface area contributed by atoms with Gasteiger partial charge in [0.25, 0.3) is 0 Å². The molecule has 0 aliphatic rings. The first-order chi connectivity index (χ1) is 2.91. The minimum absolute atomic E-state index is 0. The largest absolute Gasteiger partial charge is 0.644 e. The molecule has 0 aliphatic carbocycles. The summed E-state index contributed by atoms with van der Waals surface area (Å²) in [5.41, 5.74) is 0. The predicted molar refractivity (Wildman–Crippen MR) is 13.0 cm³/mol. The molecule has 7 heavy (non-hydrogen) atoms. The van der Waals surface area contributed by atoms with Crippen molar-refractivity contribution in [3.05, 3.63) is 6.42 Å². The van der Waals surface area contributed by atoms with Crippen LogP contribution in [-0.4, -0.2) is 5.26 Å². The molecule has 0 heterocycles. The molecule has 0 amide bonds. The maximum Gasteiger partial charge on any atom is 0.0234 e. The SMILES string of the molecule is [C-]#COOOO.[Fe]. The van der Waals surface area contributed by atoms with E-state index in [-0.39, 0.29) is 17.1 Å². The van der Waals surface area contributed by atoms with Gasteiger partial charge in [0.1, 0.15) is 0 Å². The first-order valence-corrected chi connectivity index (χ1v) is 0.970. The van der Waals surface area contributed by atoms with Crippen molar-refractivity contribution in [3.8, 4) is 6.11 Å². The van der Waals surface area contributed by atoms with Crippen molar-refractivity contribution in [2.45, 2.75) is 0 Å². The van der Waals surface area contributed by atoms with E-state index in [4.69, 9.17) is 11.7 Å². The summed E-state index contributed by atoms with van der Waals surface area (Å²) in [4.78, 5) is 3.43. The molecule has 0 aliphatic heterocycles. The van der Waals surface area contributed by atoms with E-state index in [0.717, 1.165) is 0 Å². The molecule has 0 atom stereocenters. The Hall–Kier alpha value is -0.241. The molecule has 0 aromatic carbocycles. The molecule has 4 nitrogen and oxygen atoms in total. The Morgan fingerprint density at radius 3 is 2.29 bits per heavy atom. The van der Waals surface area contributed by atoms with Crippen molar-refractivity contribution in [1.29, 1.82) is 0 Å². The summed E-state index contributed by atoms with van der Waals surface area (Å²) < 4.78 is 0. The summed E-state index contributed by atoms with van der Waals surface area (Å²) in [6.45, 7) is 0. The van der Waals surface area contributed by atoms with Gasteiger partial charge in [0, 0.05) is 22.1 Å². The first-order valence-electron chi connectivity index (χ1n) is 0.970. The van der Waals surface area contributed by atoms with Gasteiger partial charge in [0.2, 0.25) is 0 Å². The second kappa shape index (κ2) is 9.23. The van der Waals surface area contributed by atoms with Crippen molar-refractivity contribution < 1.29 is 37.3 Å². The standard InChI is InChI=1S/C2HO4.Fe/c1-2-4-6-5-3;/h3H;/q-1;. The number of rotatable bonds is 2. The Morgan fingerprint density at radius 1 is 1.57 bits per heavy atom. The maximum atomic E-state index is 7.23. The van der Waals surface area contributed by atoms with Crippen LogP contribution in [-0.2, 0) is 32.0 Å². The molecule has 0 rings (SSSR count). The van der Waals surface area contributed by atoms with Gasteiger partial charge in [-0.25, -0.2) is 5.26 Å². The summed E-state index contributed by atoms with van der Waals surface area (Å²) in [6, 6.07) is 0. The molecule has 0 fully saturated rings. The fourth-order valence-corrected chi connectivity index (χ4v) is 0.0322. The fourth-order valence-electron chi connectivity index (χ4n) is 0.0322. The monoisotopic (exact) mass is 145 g/mol. The molecule has 0 saturated heterocycles. The Morgan fingerprint density at radius 2 is 2.14 bits per heavy atom. The van der Waals surface area contributed by atoms with E-state index < -0.39 is 0 Å². The molecule has 0 unspecified atom stereocenters. The second-order valence-electron chi connectivity index (χ2n) is 0.328. The summed E-state index contributed by atoms with van der Waals surface area (Å²) in [7, 11) is 0. The van der Waals surface area contributed by atoms with Gasteiger partial charge in [-0.1, -0.05) is 6.11 Å². The molecule has 0 aromatic rings. The van der Waals surface area contributed by atoms with Crippen LogP contribution in [0.15, 0.2) is 0 Å². The zero-order valence-corrected chi connectivity index (χ0v) is 4.13. The maximum absolute atomic E-state index is 7.23. The van der Waals surface area contributed by atoms with E-state index in [0.29, 0.717) is 0 Å². The average Bonchev–Trinajstić information content (AvgIpc) is 1.61. The third-order valence-electron chi connectivity index (χ3n) is 0.106. The molecule has 0 radical (unpaired) electrons. The molecule has 0 bridgehead atoms. The fraction of sp³-hybridized carbons (Fsp3) is 0. The van der Waals surface area contributed by atoms with E-state index in [1.165, 1.54) is 6.11 Å². The zero-order chi connectivity index (χ0) is 4.83. The van der Waals surface area contributed by atoms with Crippen LogP contribution in [0.3, 0.4) is 0 Å². The van der Waals surface area contributed by atoms with Crippen molar-refractivity contribution in [2.24, 2.45) is 0 Å². The van der Waals surface area contributed by atoms with Crippen LogP contribution in [0.2, 0.25) is 0 Å². The van der Waals surface area contributed by atoms with Crippen LogP contribution in [0.5, 0.6) is 0 Å². The van der Waals surface area contributed by atoms with Crippen molar-refractivity contribution in [2.75, 3.05) is 0 Å². The molecule has 0 spiro atoms. The van der Waals surface area contributed by atoms with Gasteiger partial charge in [-0.05, 0) is 5.04 Å². The van der Waals surface area contributed by atoms with Crippen LogP contribution in [0.1, 0.15) is 0 Å².